The summed E-state index contributed by atoms with van der Waals surface area (Å²) in [6, 6.07) is 6.37. The van der Waals surface area contributed by atoms with Gasteiger partial charge < -0.3 is 14.8 Å². The Morgan fingerprint density at radius 2 is 2.15 bits per heavy atom. The van der Waals surface area contributed by atoms with E-state index in [1.165, 1.54) is 10.6 Å². The van der Waals surface area contributed by atoms with Gasteiger partial charge in [-0.1, -0.05) is 13.0 Å². The Bertz CT molecular complexity index is 571. The van der Waals surface area contributed by atoms with E-state index in [0.29, 0.717) is 12.7 Å². The summed E-state index contributed by atoms with van der Waals surface area (Å²) in [6.45, 7) is 5.58. The number of nitrogens with zero attached hydrogens (tertiary/aromatic N) is 1. The molecule has 1 aliphatic heterocycles. The van der Waals surface area contributed by atoms with Crippen LogP contribution in [0.15, 0.2) is 29.8 Å². The second-order valence-corrected chi connectivity index (χ2v) is 5.94. The van der Waals surface area contributed by atoms with E-state index in [1.54, 1.807) is 11.3 Å². The van der Waals surface area contributed by atoms with Crippen LogP contribution >= 0.6 is 11.3 Å². The molecule has 1 aromatic carbocycles. The maximum atomic E-state index is 5.42. The van der Waals surface area contributed by atoms with Gasteiger partial charge in [0.15, 0.2) is 11.5 Å². The fourth-order valence-electron chi connectivity index (χ4n) is 2.22. The molecule has 1 aliphatic rings. The van der Waals surface area contributed by atoms with Gasteiger partial charge in [-0.15, -0.1) is 11.3 Å². The van der Waals surface area contributed by atoms with Gasteiger partial charge in [0, 0.05) is 30.1 Å². The third-order valence-corrected chi connectivity index (χ3v) is 4.51. The van der Waals surface area contributed by atoms with Gasteiger partial charge in [-0.3, -0.25) is 0 Å². The van der Waals surface area contributed by atoms with Crippen molar-refractivity contribution in [1.82, 2.24) is 10.3 Å². The minimum atomic E-state index is 0.270. The summed E-state index contributed by atoms with van der Waals surface area (Å²) in [7, 11) is 0. The molecule has 0 saturated carbocycles. The van der Waals surface area contributed by atoms with Crippen LogP contribution in [0.3, 0.4) is 0 Å². The van der Waals surface area contributed by atoms with Crippen LogP contribution in [0.1, 0.15) is 36.4 Å². The normalized spacial score (nSPS) is 16.1. The van der Waals surface area contributed by atoms with Crippen molar-refractivity contribution in [3.05, 3.63) is 40.3 Å². The molecular weight excluding hydrogens is 272 g/mol. The Labute approximate surface area is 122 Å². The summed E-state index contributed by atoms with van der Waals surface area (Å²) >= 11 is 1.71. The second-order valence-electron chi connectivity index (χ2n) is 5.01. The molecule has 1 aromatic heterocycles. The van der Waals surface area contributed by atoms with Crippen LogP contribution in [-0.2, 0) is 0 Å². The van der Waals surface area contributed by atoms with E-state index in [9.17, 15) is 0 Å². The molecule has 1 N–H and O–H groups in total. The molecule has 2 heterocycles. The predicted octanol–water partition coefficient (Wildman–Crippen LogP) is 3.33. The van der Waals surface area contributed by atoms with E-state index in [1.807, 2.05) is 23.7 Å². The number of hydrogen-bond acceptors (Lipinski definition) is 5. The maximum absolute atomic E-state index is 5.42. The molecule has 0 spiro atoms. The van der Waals surface area contributed by atoms with E-state index in [-0.39, 0.29) is 6.04 Å². The molecule has 2 unspecified atom stereocenters. The summed E-state index contributed by atoms with van der Waals surface area (Å²) in [5.74, 6) is 2.09. The molecule has 20 heavy (non-hydrogen) atoms. The zero-order chi connectivity index (χ0) is 13.9. The first-order valence-electron chi connectivity index (χ1n) is 6.76. The van der Waals surface area contributed by atoms with Crippen molar-refractivity contribution in [1.29, 1.82) is 0 Å². The van der Waals surface area contributed by atoms with Crippen molar-refractivity contribution in [2.75, 3.05) is 13.3 Å². The quantitative estimate of drug-likeness (QED) is 0.917. The number of rotatable bonds is 5. The average molecular weight is 290 g/mol. The molecule has 4 nitrogen and oxygen atoms in total. The summed E-state index contributed by atoms with van der Waals surface area (Å²) in [6.07, 6.45) is 1.86. The fourth-order valence-corrected chi connectivity index (χ4v) is 2.92. The SMILES string of the molecule is CC(CNC(C)c1ccc2c(c1)OCO2)c1nccs1. The first-order chi connectivity index (χ1) is 9.74. The fraction of sp³-hybridized carbons (Fsp3) is 0.400. The molecule has 0 saturated heterocycles. The highest BCUT2D eigenvalue weighted by molar-refractivity contribution is 7.09. The van der Waals surface area contributed by atoms with Gasteiger partial charge in [0.2, 0.25) is 6.79 Å². The number of ether oxygens (including phenoxy) is 2. The molecule has 0 radical (unpaired) electrons. The van der Waals surface area contributed by atoms with Crippen LogP contribution in [0.4, 0.5) is 0 Å². The Balaban J connectivity index is 1.60. The van der Waals surface area contributed by atoms with Gasteiger partial charge in [0.05, 0.1) is 5.01 Å². The monoisotopic (exact) mass is 290 g/mol. The number of hydrogen-bond donors (Lipinski definition) is 1. The van der Waals surface area contributed by atoms with Crippen LogP contribution in [0, 0.1) is 0 Å². The van der Waals surface area contributed by atoms with Crippen LogP contribution in [-0.4, -0.2) is 18.3 Å². The summed E-state index contributed by atoms with van der Waals surface area (Å²) < 4.78 is 10.7. The van der Waals surface area contributed by atoms with Gasteiger partial charge in [-0.2, -0.15) is 0 Å². The van der Waals surface area contributed by atoms with E-state index in [0.717, 1.165) is 18.0 Å². The summed E-state index contributed by atoms with van der Waals surface area (Å²) in [4.78, 5) is 4.36. The van der Waals surface area contributed by atoms with Crippen molar-refractivity contribution in [2.45, 2.75) is 25.8 Å². The number of aromatic nitrogens is 1. The Morgan fingerprint density at radius 3 is 2.95 bits per heavy atom. The van der Waals surface area contributed by atoms with E-state index < -0.39 is 0 Å². The lowest BCUT2D eigenvalue weighted by atomic mass is 10.1. The Morgan fingerprint density at radius 1 is 1.30 bits per heavy atom. The lowest BCUT2D eigenvalue weighted by Gasteiger charge is -2.17. The lowest BCUT2D eigenvalue weighted by molar-refractivity contribution is 0.174. The van der Waals surface area contributed by atoms with Gasteiger partial charge in [-0.25, -0.2) is 4.98 Å². The highest BCUT2D eigenvalue weighted by atomic mass is 32.1. The van der Waals surface area contributed by atoms with Gasteiger partial charge >= 0.3 is 0 Å². The minimum absolute atomic E-state index is 0.270. The molecule has 0 bridgehead atoms. The van der Waals surface area contributed by atoms with E-state index in [2.05, 4.69) is 30.2 Å². The molecule has 5 heteroatoms. The van der Waals surface area contributed by atoms with Gasteiger partial charge in [-0.05, 0) is 24.6 Å². The van der Waals surface area contributed by atoms with Crippen LogP contribution in [0.25, 0.3) is 0 Å². The molecule has 106 valence electrons. The maximum Gasteiger partial charge on any atom is 0.231 e. The third kappa shape index (κ3) is 2.78. The van der Waals surface area contributed by atoms with Crippen molar-refractivity contribution in [2.24, 2.45) is 0 Å². The third-order valence-electron chi connectivity index (χ3n) is 3.50. The molecule has 3 rings (SSSR count). The topological polar surface area (TPSA) is 43.4 Å². The van der Waals surface area contributed by atoms with E-state index >= 15 is 0 Å². The van der Waals surface area contributed by atoms with Gasteiger partial charge in [0.1, 0.15) is 0 Å². The van der Waals surface area contributed by atoms with E-state index in [4.69, 9.17) is 9.47 Å². The second kappa shape index (κ2) is 5.81. The van der Waals surface area contributed by atoms with Crippen molar-refractivity contribution in [3.63, 3.8) is 0 Å². The first-order valence-corrected chi connectivity index (χ1v) is 7.64. The highest BCUT2D eigenvalue weighted by Crippen LogP contribution is 2.34. The largest absolute Gasteiger partial charge is 0.454 e. The smallest absolute Gasteiger partial charge is 0.231 e. The Hall–Kier alpha value is -1.59. The number of nitrogens with one attached hydrogen (secondary N) is 1. The lowest BCUT2D eigenvalue weighted by Crippen LogP contribution is -2.23. The van der Waals surface area contributed by atoms with Crippen LogP contribution in [0.2, 0.25) is 0 Å². The predicted molar refractivity (Wildman–Crippen MR) is 79.5 cm³/mol. The molecule has 0 amide bonds. The van der Waals surface area contributed by atoms with Crippen LogP contribution < -0.4 is 14.8 Å². The number of fused-ring (bicyclic) bond motifs is 1. The molecule has 2 atom stereocenters. The van der Waals surface area contributed by atoms with Gasteiger partial charge in [0.25, 0.3) is 0 Å². The van der Waals surface area contributed by atoms with Crippen molar-refractivity contribution < 1.29 is 9.47 Å². The molecule has 0 fully saturated rings. The molecule has 2 aromatic rings. The average Bonchev–Trinajstić information content (AvgIpc) is 3.13. The zero-order valence-corrected chi connectivity index (χ0v) is 12.4. The summed E-state index contributed by atoms with van der Waals surface area (Å²) in [5.41, 5.74) is 1.21. The van der Waals surface area contributed by atoms with Crippen LogP contribution in [0.5, 0.6) is 11.5 Å². The van der Waals surface area contributed by atoms with Crippen molar-refractivity contribution in [3.8, 4) is 11.5 Å². The standard InChI is InChI=1S/C15H18N2O2S/c1-10(15-16-5-6-20-15)8-17-11(2)12-3-4-13-14(7-12)19-9-18-13/h3-7,10-11,17H,8-9H2,1-2H3. The zero-order valence-electron chi connectivity index (χ0n) is 11.6. The first kappa shape index (κ1) is 13.4. The summed E-state index contributed by atoms with van der Waals surface area (Å²) in [5, 5.41) is 6.75. The Kier molecular flexibility index (Phi) is 3.89. The minimum Gasteiger partial charge on any atom is -0.454 e. The molecular formula is C15H18N2O2S. The van der Waals surface area contributed by atoms with Crippen molar-refractivity contribution >= 4 is 11.3 Å². The molecule has 0 aliphatic carbocycles. The number of benzene rings is 1. The number of thiazole rings is 1. The highest BCUT2D eigenvalue weighted by Gasteiger charge is 2.16.